The van der Waals surface area contributed by atoms with Crippen molar-refractivity contribution in [3.05, 3.63) is 41.3 Å². The quantitative estimate of drug-likeness (QED) is 0.483. The van der Waals surface area contributed by atoms with E-state index in [1.165, 1.54) is 25.3 Å². The standard InChI is InChI=1S/C14H12FNO3/c1-8-5-11(13(17)7-14(18)19-2)10-6-9(15)3-4-12(10)16-8/h3-6H,7H2,1-2H3. The smallest absolute Gasteiger partial charge is 0.313 e. The van der Waals surface area contributed by atoms with Crippen LogP contribution < -0.4 is 0 Å². The first-order valence-electron chi connectivity index (χ1n) is 5.68. The summed E-state index contributed by atoms with van der Waals surface area (Å²) in [5.74, 6) is -1.48. The average molecular weight is 261 g/mol. The zero-order valence-electron chi connectivity index (χ0n) is 10.6. The molecule has 0 aliphatic carbocycles. The molecule has 2 aromatic rings. The third-order valence-electron chi connectivity index (χ3n) is 2.73. The molecule has 5 heteroatoms. The fourth-order valence-electron chi connectivity index (χ4n) is 1.86. The Morgan fingerprint density at radius 1 is 1.32 bits per heavy atom. The van der Waals surface area contributed by atoms with Crippen LogP contribution in [-0.4, -0.2) is 23.8 Å². The summed E-state index contributed by atoms with van der Waals surface area (Å²) in [5.41, 5.74) is 1.44. The van der Waals surface area contributed by atoms with Crippen LogP contribution >= 0.6 is 0 Å². The number of hydrogen-bond acceptors (Lipinski definition) is 4. The lowest BCUT2D eigenvalue weighted by Gasteiger charge is -2.06. The van der Waals surface area contributed by atoms with E-state index in [4.69, 9.17) is 0 Å². The number of benzene rings is 1. The van der Waals surface area contributed by atoms with Crippen molar-refractivity contribution in [2.24, 2.45) is 0 Å². The van der Waals surface area contributed by atoms with Crippen molar-refractivity contribution >= 4 is 22.7 Å². The minimum atomic E-state index is -0.621. The van der Waals surface area contributed by atoms with Crippen LogP contribution in [0.1, 0.15) is 22.5 Å². The number of halogens is 1. The van der Waals surface area contributed by atoms with Crippen LogP contribution in [0, 0.1) is 12.7 Å². The van der Waals surface area contributed by atoms with Crippen LogP contribution in [0.5, 0.6) is 0 Å². The Morgan fingerprint density at radius 3 is 2.74 bits per heavy atom. The molecule has 0 aliphatic heterocycles. The van der Waals surface area contributed by atoms with Gasteiger partial charge in [-0.1, -0.05) is 0 Å². The van der Waals surface area contributed by atoms with Gasteiger partial charge >= 0.3 is 5.97 Å². The van der Waals surface area contributed by atoms with E-state index in [0.717, 1.165) is 0 Å². The lowest BCUT2D eigenvalue weighted by molar-refractivity contribution is -0.139. The molecule has 19 heavy (non-hydrogen) atoms. The van der Waals surface area contributed by atoms with E-state index in [2.05, 4.69) is 9.72 Å². The molecule has 0 fully saturated rings. The second-order valence-electron chi connectivity index (χ2n) is 4.15. The van der Waals surface area contributed by atoms with Gasteiger partial charge in [-0.05, 0) is 31.2 Å². The second-order valence-corrected chi connectivity index (χ2v) is 4.15. The molecule has 2 rings (SSSR count). The van der Waals surface area contributed by atoms with Crippen LogP contribution in [0.15, 0.2) is 24.3 Å². The summed E-state index contributed by atoms with van der Waals surface area (Å²) in [6, 6.07) is 5.58. The van der Waals surface area contributed by atoms with E-state index in [1.807, 2.05) is 0 Å². The monoisotopic (exact) mass is 261 g/mol. The first-order valence-corrected chi connectivity index (χ1v) is 5.68. The summed E-state index contributed by atoms with van der Waals surface area (Å²) < 4.78 is 17.7. The number of carbonyl (C=O) groups is 2. The highest BCUT2D eigenvalue weighted by atomic mass is 19.1. The second kappa shape index (κ2) is 5.14. The van der Waals surface area contributed by atoms with Crippen LogP contribution in [0.3, 0.4) is 0 Å². The number of carbonyl (C=O) groups excluding carboxylic acids is 2. The van der Waals surface area contributed by atoms with Crippen molar-refractivity contribution in [1.29, 1.82) is 0 Å². The van der Waals surface area contributed by atoms with Gasteiger partial charge < -0.3 is 4.74 Å². The number of esters is 1. The van der Waals surface area contributed by atoms with Gasteiger partial charge in [0.05, 0.1) is 12.6 Å². The fraction of sp³-hybridized carbons (Fsp3) is 0.214. The van der Waals surface area contributed by atoms with Gasteiger partial charge in [0.25, 0.3) is 0 Å². The maximum absolute atomic E-state index is 13.3. The van der Waals surface area contributed by atoms with Gasteiger partial charge in [-0.2, -0.15) is 0 Å². The molecule has 0 aliphatic rings. The lowest BCUT2D eigenvalue weighted by atomic mass is 10.0. The molecule has 1 aromatic carbocycles. The van der Waals surface area contributed by atoms with E-state index in [1.54, 1.807) is 13.0 Å². The molecule has 0 bridgehead atoms. The third kappa shape index (κ3) is 2.76. The number of rotatable bonds is 3. The molecule has 0 radical (unpaired) electrons. The average Bonchev–Trinajstić information content (AvgIpc) is 2.38. The van der Waals surface area contributed by atoms with Gasteiger partial charge in [-0.15, -0.1) is 0 Å². The fourth-order valence-corrected chi connectivity index (χ4v) is 1.86. The number of pyridine rings is 1. The Morgan fingerprint density at radius 2 is 2.05 bits per heavy atom. The van der Waals surface area contributed by atoms with Crippen LogP contribution in [0.4, 0.5) is 4.39 Å². The van der Waals surface area contributed by atoms with E-state index >= 15 is 0 Å². The summed E-state index contributed by atoms with van der Waals surface area (Å²) in [5, 5.41) is 0.402. The van der Waals surface area contributed by atoms with Crippen molar-refractivity contribution in [3.63, 3.8) is 0 Å². The highest BCUT2D eigenvalue weighted by Crippen LogP contribution is 2.21. The Labute approximate surface area is 109 Å². The normalized spacial score (nSPS) is 10.5. The number of nitrogens with zero attached hydrogens (tertiary/aromatic N) is 1. The molecular weight excluding hydrogens is 249 g/mol. The number of hydrogen-bond donors (Lipinski definition) is 0. The van der Waals surface area contributed by atoms with Crippen LogP contribution in [0.25, 0.3) is 10.9 Å². The largest absolute Gasteiger partial charge is 0.469 e. The molecule has 0 N–H and O–H groups in total. The van der Waals surface area contributed by atoms with Crippen LogP contribution in [0.2, 0.25) is 0 Å². The molecule has 0 spiro atoms. The van der Waals surface area contributed by atoms with Gasteiger partial charge in [0.15, 0.2) is 5.78 Å². The molecule has 0 atom stereocenters. The SMILES string of the molecule is COC(=O)CC(=O)c1cc(C)nc2ccc(F)cc12. The molecule has 0 amide bonds. The highest BCUT2D eigenvalue weighted by molar-refractivity contribution is 6.12. The zero-order valence-corrected chi connectivity index (χ0v) is 10.6. The molecular formula is C14H12FNO3. The van der Waals surface area contributed by atoms with Crippen molar-refractivity contribution in [3.8, 4) is 0 Å². The molecule has 0 saturated carbocycles. The summed E-state index contributed by atoms with van der Waals surface area (Å²) in [6.07, 6.45) is -0.369. The molecule has 98 valence electrons. The topological polar surface area (TPSA) is 56.3 Å². The Bertz CT molecular complexity index is 667. The molecule has 0 saturated heterocycles. The summed E-state index contributed by atoms with van der Waals surface area (Å²) in [6.45, 7) is 1.73. The number of fused-ring (bicyclic) bond motifs is 1. The maximum Gasteiger partial charge on any atom is 0.313 e. The summed E-state index contributed by atoms with van der Waals surface area (Å²) >= 11 is 0. The van der Waals surface area contributed by atoms with Gasteiger partial charge in [-0.25, -0.2) is 4.39 Å². The number of methoxy groups -OCH3 is 1. The predicted octanol–water partition coefficient (Wildman–Crippen LogP) is 2.43. The molecule has 1 aromatic heterocycles. The van der Waals surface area contributed by atoms with E-state index in [9.17, 15) is 14.0 Å². The highest BCUT2D eigenvalue weighted by Gasteiger charge is 2.16. The Kier molecular flexibility index (Phi) is 3.55. The van der Waals surface area contributed by atoms with Crippen molar-refractivity contribution in [1.82, 2.24) is 4.98 Å². The van der Waals surface area contributed by atoms with Gasteiger partial charge in [0, 0.05) is 16.6 Å². The lowest BCUT2D eigenvalue weighted by Crippen LogP contribution is -2.10. The number of aromatic nitrogens is 1. The number of ketones is 1. The minimum Gasteiger partial charge on any atom is -0.469 e. The molecule has 1 heterocycles. The number of Topliss-reactive ketones (excluding diaryl/α,β-unsaturated/α-hetero) is 1. The number of aryl methyl sites for hydroxylation is 1. The summed E-state index contributed by atoms with van der Waals surface area (Å²) in [7, 11) is 1.21. The zero-order chi connectivity index (χ0) is 14.0. The van der Waals surface area contributed by atoms with E-state index in [-0.39, 0.29) is 12.0 Å². The van der Waals surface area contributed by atoms with Crippen LogP contribution in [-0.2, 0) is 9.53 Å². The first kappa shape index (κ1) is 13.1. The van der Waals surface area contributed by atoms with Crippen molar-refractivity contribution in [2.75, 3.05) is 7.11 Å². The summed E-state index contributed by atoms with van der Waals surface area (Å²) in [4.78, 5) is 27.4. The first-order chi connectivity index (χ1) is 9.01. The Hall–Kier alpha value is -2.30. The van der Waals surface area contributed by atoms with Gasteiger partial charge in [-0.3, -0.25) is 14.6 Å². The number of ether oxygens (including phenoxy) is 1. The molecule has 0 unspecified atom stereocenters. The molecule has 4 nitrogen and oxygen atoms in total. The van der Waals surface area contributed by atoms with Crippen molar-refractivity contribution in [2.45, 2.75) is 13.3 Å². The Balaban J connectivity index is 2.55. The predicted molar refractivity (Wildman–Crippen MR) is 67.4 cm³/mol. The van der Waals surface area contributed by atoms with Gasteiger partial charge in [0.2, 0.25) is 0 Å². The van der Waals surface area contributed by atoms with E-state index < -0.39 is 17.6 Å². The third-order valence-corrected chi connectivity index (χ3v) is 2.73. The van der Waals surface area contributed by atoms with E-state index in [0.29, 0.717) is 16.6 Å². The maximum atomic E-state index is 13.3. The minimum absolute atomic E-state index is 0.285. The van der Waals surface area contributed by atoms with Crippen molar-refractivity contribution < 1.29 is 18.7 Å². The van der Waals surface area contributed by atoms with Gasteiger partial charge in [0.1, 0.15) is 12.2 Å².